The fourth-order valence-electron chi connectivity index (χ4n) is 3.74. The quantitative estimate of drug-likeness (QED) is 0.476. The van der Waals surface area contributed by atoms with Gasteiger partial charge in [-0.15, -0.1) is 0 Å². The Kier molecular flexibility index (Phi) is 11.8. The lowest BCUT2D eigenvalue weighted by Gasteiger charge is -2.31. The molecule has 1 saturated carbocycles. The van der Waals surface area contributed by atoms with E-state index in [9.17, 15) is 14.7 Å². The number of amides is 1. The zero-order chi connectivity index (χ0) is 26.8. The summed E-state index contributed by atoms with van der Waals surface area (Å²) < 4.78 is 21.6. The lowest BCUT2D eigenvalue weighted by Crippen LogP contribution is -2.51. The van der Waals surface area contributed by atoms with Crippen LogP contribution >= 0.6 is 0 Å². The monoisotopic (exact) mass is 496 g/mol. The third-order valence-corrected chi connectivity index (χ3v) is 5.59. The summed E-state index contributed by atoms with van der Waals surface area (Å²) in [6.45, 7) is 10.4. The van der Waals surface area contributed by atoms with E-state index in [1.807, 2.05) is 0 Å². The minimum atomic E-state index is -1.26. The van der Waals surface area contributed by atoms with Crippen LogP contribution in [0.5, 0.6) is 11.5 Å². The van der Waals surface area contributed by atoms with Crippen molar-refractivity contribution >= 4 is 12.1 Å². The second-order valence-electron chi connectivity index (χ2n) is 10.3. The van der Waals surface area contributed by atoms with Crippen LogP contribution in [0, 0.1) is 0 Å². The molecular weight excluding hydrogens is 452 g/mol. The molecule has 9 heteroatoms. The van der Waals surface area contributed by atoms with E-state index in [1.54, 1.807) is 59.7 Å². The van der Waals surface area contributed by atoms with Gasteiger partial charge in [0.2, 0.25) is 0 Å². The minimum Gasteiger partial charge on any atom is -0.497 e. The van der Waals surface area contributed by atoms with E-state index in [0.717, 1.165) is 0 Å². The van der Waals surface area contributed by atoms with E-state index in [0.29, 0.717) is 23.1 Å². The third-order valence-electron chi connectivity index (χ3n) is 5.59. The molecular formula is C26H44N2O7. The highest BCUT2D eigenvalue weighted by Gasteiger charge is 2.33. The highest BCUT2D eigenvalue weighted by Crippen LogP contribution is 2.32. The second kappa shape index (κ2) is 13.5. The lowest BCUT2D eigenvalue weighted by molar-refractivity contribution is -0.147. The van der Waals surface area contributed by atoms with Gasteiger partial charge in [-0.3, -0.25) is 0 Å². The van der Waals surface area contributed by atoms with Crippen LogP contribution in [0.25, 0.3) is 0 Å². The Morgan fingerprint density at radius 1 is 1.00 bits per heavy atom. The predicted octanol–water partition coefficient (Wildman–Crippen LogP) is 4.60. The van der Waals surface area contributed by atoms with Crippen molar-refractivity contribution in [2.75, 3.05) is 14.2 Å². The molecule has 0 spiro atoms. The molecule has 2 rings (SSSR count). The molecule has 9 nitrogen and oxygen atoms in total. The first kappa shape index (κ1) is 30.5. The van der Waals surface area contributed by atoms with E-state index < -0.39 is 35.4 Å². The first-order valence-corrected chi connectivity index (χ1v) is 12.1. The molecule has 0 bridgehead atoms. The number of methoxy groups -OCH3 is 2. The van der Waals surface area contributed by atoms with Crippen LogP contribution in [-0.4, -0.2) is 55.2 Å². The summed E-state index contributed by atoms with van der Waals surface area (Å²) in [6, 6.07) is 4.41. The van der Waals surface area contributed by atoms with Gasteiger partial charge in [0.05, 0.1) is 25.9 Å². The van der Waals surface area contributed by atoms with Gasteiger partial charge in [0.15, 0.2) is 6.04 Å². The molecule has 2 atom stereocenters. The molecule has 1 amide bonds. The Balaban J connectivity index is 0.000000744. The first-order valence-electron chi connectivity index (χ1n) is 12.1. The number of nitrogens with two attached hydrogens (primary N) is 1. The molecule has 0 saturated heterocycles. The largest absolute Gasteiger partial charge is 0.497 e. The van der Waals surface area contributed by atoms with Crippen molar-refractivity contribution in [2.45, 2.75) is 103 Å². The molecule has 1 aliphatic carbocycles. The third kappa shape index (κ3) is 11.2. The number of aliphatic carboxylic acids is 1. The van der Waals surface area contributed by atoms with Gasteiger partial charge in [-0.05, 0) is 66.5 Å². The van der Waals surface area contributed by atoms with Gasteiger partial charge < -0.3 is 35.1 Å². The number of carboxylic acids is 1. The molecule has 4 N–H and O–H groups in total. The number of hydrogen-bond donors (Lipinski definition) is 3. The lowest BCUT2D eigenvalue weighted by atomic mass is 9.97. The maximum Gasteiger partial charge on any atom is 0.408 e. The number of benzene rings is 1. The minimum absolute atomic E-state index is 0.536. The summed E-state index contributed by atoms with van der Waals surface area (Å²) in [4.78, 5) is 24.0. The Morgan fingerprint density at radius 2 is 1.51 bits per heavy atom. The Labute approximate surface area is 209 Å². The molecule has 0 aromatic heterocycles. The van der Waals surface area contributed by atoms with Gasteiger partial charge in [0.25, 0.3) is 0 Å². The van der Waals surface area contributed by atoms with Gasteiger partial charge in [-0.25, -0.2) is 9.59 Å². The highest BCUT2D eigenvalue weighted by molar-refractivity contribution is 5.80. The van der Waals surface area contributed by atoms with Crippen LogP contribution in [-0.2, 0) is 19.9 Å². The summed E-state index contributed by atoms with van der Waals surface area (Å²) >= 11 is 0. The molecule has 1 fully saturated rings. The summed E-state index contributed by atoms with van der Waals surface area (Å²) in [7, 11) is 3.04. The number of nitrogens with one attached hydrogen (secondary N) is 1. The van der Waals surface area contributed by atoms with Gasteiger partial charge in [-0.1, -0.05) is 19.3 Å². The van der Waals surface area contributed by atoms with Crippen LogP contribution in [0.15, 0.2) is 18.2 Å². The molecule has 0 heterocycles. The number of ether oxygens (including phenoxy) is 4. The van der Waals surface area contributed by atoms with Crippen LogP contribution in [0.1, 0.15) is 79.2 Å². The number of alkyl carbamates (subject to hydrolysis) is 1. The molecule has 1 aliphatic rings. The standard InChI is InChI=1S/C20H31NO7.C6H13N/c1-12(27-19(2,3)4)16(17(22)23)21-18(24)28-20(5,6)13-9-14(25-7)11-15(10-13)26-8;7-6-4-2-1-3-5-6/h9-12,16H,1-8H3,(H,21,24)(H,22,23);6H,1-5,7H2/t12-,16+;/m1./s1. The summed E-state index contributed by atoms with van der Waals surface area (Å²) in [5.74, 6) is -0.126. The number of rotatable bonds is 8. The van der Waals surface area contributed by atoms with Crippen LogP contribution in [0.2, 0.25) is 0 Å². The number of carbonyl (C=O) groups excluding carboxylic acids is 1. The van der Waals surface area contributed by atoms with Crippen molar-refractivity contribution in [1.29, 1.82) is 0 Å². The summed E-state index contributed by atoms with van der Waals surface area (Å²) in [6.07, 6.45) is 5.03. The molecule has 1 aromatic carbocycles. The van der Waals surface area contributed by atoms with Crippen molar-refractivity contribution in [3.8, 4) is 11.5 Å². The molecule has 35 heavy (non-hydrogen) atoms. The van der Waals surface area contributed by atoms with Gasteiger partial charge >= 0.3 is 12.1 Å². The van der Waals surface area contributed by atoms with Gasteiger partial charge in [0.1, 0.15) is 17.1 Å². The van der Waals surface area contributed by atoms with Crippen LogP contribution in [0.4, 0.5) is 4.79 Å². The van der Waals surface area contributed by atoms with Gasteiger partial charge in [-0.2, -0.15) is 0 Å². The Morgan fingerprint density at radius 3 is 1.89 bits per heavy atom. The fraction of sp³-hybridized carbons (Fsp3) is 0.692. The first-order chi connectivity index (χ1) is 16.2. The van der Waals surface area contributed by atoms with E-state index in [4.69, 9.17) is 24.7 Å². The second-order valence-corrected chi connectivity index (χ2v) is 10.3. The average Bonchev–Trinajstić information content (AvgIpc) is 2.76. The van der Waals surface area contributed by atoms with Crippen LogP contribution in [0.3, 0.4) is 0 Å². The van der Waals surface area contributed by atoms with Crippen molar-refractivity contribution in [1.82, 2.24) is 5.32 Å². The summed E-state index contributed by atoms with van der Waals surface area (Å²) in [5.41, 5.74) is 4.64. The zero-order valence-electron chi connectivity index (χ0n) is 22.5. The van der Waals surface area contributed by atoms with E-state index in [2.05, 4.69) is 5.32 Å². The average molecular weight is 497 g/mol. The number of carboxylic acid groups (broad SMARTS) is 1. The SMILES string of the molecule is COc1cc(OC)cc(C(C)(C)OC(=O)N[C@H](C(=O)O)[C@@H](C)OC(C)(C)C)c1.NC1CCCCC1. The van der Waals surface area contributed by atoms with Crippen molar-refractivity contribution < 1.29 is 33.6 Å². The molecule has 0 aliphatic heterocycles. The smallest absolute Gasteiger partial charge is 0.408 e. The summed E-state index contributed by atoms with van der Waals surface area (Å²) in [5, 5.41) is 11.8. The number of carbonyl (C=O) groups is 2. The van der Waals surface area contributed by atoms with Crippen molar-refractivity contribution in [2.24, 2.45) is 5.73 Å². The molecule has 0 radical (unpaired) electrons. The molecule has 0 unspecified atom stereocenters. The predicted molar refractivity (Wildman–Crippen MR) is 135 cm³/mol. The van der Waals surface area contributed by atoms with Crippen molar-refractivity contribution in [3.63, 3.8) is 0 Å². The topological polar surface area (TPSA) is 129 Å². The maximum atomic E-state index is 12.4. The Bertz CT molecular complexity index is 792. The number of hydrogen-bond acceptors (Lipinski definition) is 7. The maximum absolute atomic E-state index is 12.4. The Hall–Kier alpha value is -2.52. The van der Waals surface area contributed by atoms with Gasteiger partial charge in [0, 0.05) is 17.7 Å². The van der Waals surface area contributed by atoms with E-state index in [-0.39, 0.29) is 0 Å². The zero-order valence-corrected chi connectivity index (χ0v) is 22.5. The highest BCUT2D eigenvalue weighted by atomic mass is 16.6. The normalized spacial score (nSPS) is 16.3. The van der Waals surface area contributed by atoms with Crippen LogP contribution < -0.4 is 20.5 Å². The fourth-order valence-corrected chi connectivity index (χ4v) is 3.74. The molecule has 200 valence electrons. The van der Waals surface area contributed by atoms with E-state index >= 15 is 0 Å². The van der Waals surface area contributed by atoms with Crippen molar-refractivity contribution in [3.05, 3.63) is 23.8 Å². The van der Waals surface area contributed by atoms with E-state index in [1.165, 1.54) is 46.3 Å². The molecule has 1 aromatic rings.